The first-order valence-electron chi connectivity index (χ1n) is 5.34. The van der Waals surface area contributed by atoms with E-state index in [1.807, 2.05) is 19.6 Å². The molecule has 0 saturated heterocycles. The Morgan fingerprint density at radius 2 is 1.88 bits per heavy atom. The molecule has 0 aliphatic rings. The Hall–Kier alpha value is -0.553. The van der Waals surface area contributed by atoms with E-state index in [-0.39, 0.29) is 13.2 Å². The van der Waals surface area contributed by atoms with E-state index in [9.17, 15) is 9.36 Å². The summed E-state index contributed by atoms with van der Waals surface area (Å²) in [6.07, 6.45) is 0.481. The van der Waals surface area contributed by atoms with E-state index in [0.717, 1.165) is 0 Å². The second-order valence-corrected chi connectivity index (χ2v) is 10.2. The molecular formula is C10H20O5PSi+. The third kappa shape index (κ3) is 10.3. The van der Waals surface area contributed by atoms with Gasteiger partial charge in [-0.05, 0) is 26.6 Å². The fourth-order valence-electron chi connectivity index (χ4n) is 0.736. The van der Waals surface area contributed by atoms with Gasteiger partial charge < -0.3 is 4.74 Å². The zero-order valence-electron chi connectivity index (χ0n) is 10.8. The van der Waals surface area contributed by atoms with Crippen molar-refractivity contribution in [2.75, 3.05) is 13.2 Å². The van der Waals surface area contributed by atoms with Crippen molar-refractivity contribution in [2.24, 2.45) is 0 Å². The standard InChI is InChI=1S/C10H20O5PSi/c1-9(2)10(11)13-7-6-8-14-16(12)15-17(3,4)5/h1,6-8H2,2-5H3/q+1. The lowest BCUT2D eigenvalue weighted by molar-refractivity contribution is -0.139. The van der Waals surface area contributed by atoms with Crippen LogP contribution in [0.25, 0.3) is 0 Å². The lowest BCUT2D eigenvalue weighted by Gasteiger charge is -2.05. The largest absolute Gasteiger partial charge is 0.685 e. The molecule has 0 aliphatic heterocycles. The minimum Gasteiger partial charge on any atom is -0.462 e. The predicted octanol–water partition coefficient (Wildman–Crippen LogP) is 3.02. The summed E-state index contributed by atoms with van der Waals surface area (Å²) in [6, 6.07) is 0. The summed E-state index contributed by atoms with van der Waals surface area (Å²) in [5, 5.41) is 0. The van der Waals surface area contributed by atoms with E-state index in [1.165, 1.54) is 0 Å². The Kier molecular flexibility index (Phi) is 7.46. The molecule has 0 aromatic rings. The molecule has 0 amide bonds. The molecule has 0 rings (SSSR count). The first-order valence-corrected chi connectivity index (χ1v) is 9.84. The predicted molar refractivity (Wildman–Crippen MR) is 68.4 cm³/mol. The van der Waals surface area contributed by atoms with Crippen LogP contribution in [-0.2, 0) is 22.8 Å². The maximum absolute atomic E-state index is 11.3. The van der Waals surface area contributed by atoms with Gasteiger partial charge in [-0.2, -0.15) is 4.21 Å². The van der Waals surface area contributed by atoms with Crippen LogP contribution in [0.1, 0.15) is 13.3 Å². The van der Waals surface area contributed by atoms with Gasteiger partial charge in [-0.3, -0.25) is 0 Å². The smallest absolute Gasteiger partial charge is 0.462 e. The summed E-state index contributed by atoms with van der Waals surface area (Å²) in [5.41, 5.74) is 0.360. The highest BCUT2D eigenvalue weighted by Crippen LogP contribution is 2.29. The van der Waals surface area contributed by atoms with Crippen LogP contribution in [0.2, 0.25) is 19.6 Å². The van der Waals surface area contributed by atoms with Crippen molar-refractivity contribution in [3.05, 3.63) is 12.2 Å². The van der Waals surface area contributed by atoms with Gasteiger partial charge in [0, 0.05) is 16.6 Å². The van der Waals surface area contributed by atoms with E-state index in [1.54, 1.807) is 6.92 Å². The maximum Gasteiger partial charge on any atom is 0.685 e. The Labute approximate surface area is 104 Å². The number of carbonyl (C=O) groups is 1. The number of esters is 1. The summed E-state index contributed by atoms with van der Waals surface area (Å²) < 4.78 is 26.3. The van der Waals surface area contributed by atoms with Crippen molar-refractivity contribution in [2.45, 2.75) is 33.0 Å². The summed E-state index contributed by atoms with van der Waals surface area (Å²) >= 11 is 0. The van der Waals surface area contributed by atoms with E-state index in [2.05, 4.69) is 6.58 Å². The highest BCUT2D eigenvalue weighted by molar-refractivity contribution is 7.35. The first-order chi connectivity index (χ1) is 7.72. The van der Waals surface area contributed by atoms with Crippen LogP contribution < -0.4 is 0 Å². The minimum absolute atomic E-state index is 0.224. The van der Waals surface area contributed by atoms with Gasteiger partial charge in [-0.25, -0.2) is 4.79 Å². The average molecular weight is 279 g/mol. The Morgan fingerprint density at radius 3 is 2.35 bits per heavy atom. The Morgan fingerprint density at radius 1 is 1.29 bits per heavy atom. The number of ether oxygens (including phenoxy) is 1. The van der Waals surface area contributed by atoms with Gasteiger partial charge in [-0.1, -0.05) is 6.58 Å². The summed E-state index contributed by atoms with van der Waals surface area (Å²) in [6.45, 7) is 11.3. The van der Waals surface area contributed by atoms with E-state index < -0.39 is 22.5 Å². The van der Waals surface area contributed by atoms with Gasteiger partial charge in [0.2, 0.25) is 0 Å². The fourth-order valence-corrected chi connectivity index (χ4v) is 3.01. The fraction of sp³-hybridized carbons (Fsp3) is 0.700. The third-order valence-corrected chi connectivity index (χ3v) is 4.60. The van der Waals surface area contributed by atoms with Crippen LogP contribution in [0.15, 0.2) is 12.2 Å². The molecule has 0 aromatic carbocycles. The molecule has 17 heavy (non-hydrogen) atoms. The van der Waals surface area contributed by atoms with E-state index in [0.29, 0.717) is 12.0 Å². The first kappa shape index (κ1) is 16.4. The molecule has 0 heterocycles. The van der Waals surface area contributed by atoms with Gasteiger partial charge in [-0.15, -0.1) is 4.52 Å². The molecule has 0 saturated carbocycles. The molecule has 0 bridgehead atoms. The molecule has 0 fully saturated rings. The van der Waals surface area contributed by atoms with E-state index >= 15 is 0 Å². The average Bonchev–Trinajstić information content (AvgIpc) is 2.13. The number of rotatable bonds is 8. The highest BCUT2D eigenvalue weighted by atomic mass is 31.1. The summed E-state index contributed by atoms with van der Waals surface area (Å²) in [7, 11) is -3.89. The van der Waals surface area contributed by atoms with Crippen molar-refractivity contribution >= 4 is 22.5 Å². The highest BCUT2D eigenvalue weighted by Gasteiger charge is 2.31. The van der Waals surface area contributed by atoms with Crippen LogP contribution in [0.3, 0.4) is 0 Å². The molecule has 0 radical (unpaired) electrons. The maximum atomic E-state index is 11.3. The number of hydrogen-bond acceptors (Lipinski definition) is 5. The molecule has 7 heteroatoms. The normalized spacial score (nSPS) is 12.1. The molecule has 5 nitrogen and oxygen atoms in total. The third-order valence-electron chi connectivity index (χ3n) is 1.42. The van der Waals surface area contributed by atoms with Crippen molar-refractivity contribution < 1.29 is 22.8 Å². The monoisotopic (exact) mass is 279 g/mol. The Balaban J connectivity index is 3.56. The number of carbonyl (C=O) groups excluding carboxylic acids is 1. The Bertz CT molecular complexity index is 298. The van der Waals surface area contributed by atoms with Crippen molar-refractivity contribution in [1.29, 1.82) is 0 Å². The molecule has 0 aliphatic carbocycles. The molecular weight excluding hydrogens is 259 g/mol. The van der Waals surface area contributed by atoms with Crippen LogP contribution >= 0.6 is 8.25 Å². The van der Waals surface area contributed by atoms with Gasteiger partial charge in [0.25, 0.3) is 8.32 Å². The SMILES string of the molecule is C=C(C)C(=O)OCCCO[P+](=O)O[Si](C)(C)C. The van der Waals surface area contributed by atoms with Crippen LogP contribution in [0.4, 0.5) is 0 Å². The van der Waals surface area contributed by atoms with Gasteiger partial charge >= 0.3 is 14.2 Å². The second-order valence-electron chi connectivity index (χ2n) is 4.53. The minimum atomic E-state index is -2.06. The zero-order chi connectivity index (χ0) is 13.5. The lowest BCUT2D eigenvalue weighted by Crippen LogP contribution is -2.21. The summed E-state index contributed by atoms with van der Waals surface area (Å²) in [4.78, 5) is 11.0. The van der Waals surface area contributed by atoms with Crippen molar-refractivity contribution in [3.8, 4) is 0 Å². The zero-order valence-corrected chi connectivity index (χ0v) is 12.7. The molecule has 1 atom stereocenters. The van der Waals surface area contributed by atoms with Crippen molar-refractivity contribution in [3.63, 3.8) is 0 Å². The molecule has 0 aromatic heterocycles. The molecule has 1 unspecified atom stereocenters. The van der Waals surface area contributed by atoms with Gasteiger partial charge in [0.05, 0.1) is 6.61 Å². The summed E-state index contributed by atoms with van der Waals surface area (Å²) in [5.74, 6) is -0.423. The van der Waals surface area contributed by atoms with Crippen LogP contribution in [0.5, 0.6) is 0 Å². The quantitative estimate of drug-likeness (QED) is 0.225. The second kappa shape index (κ2) is 7.71. The van der Waals surface area contributed by atoms with Crippen LogP contribution in [-0.4, -0.2) is 27.5 Å². The topological polar surface area (TPSA) is 61.8 Å². The number of hydrogen-bond donors (Lipinski definition) is 0. The van der Waals surface area contributed by atoms with Gasteiger partial charge in [0.15, 0.2) is 0 Å². The molecule has 98 valence electrons. The lowest BCUT2D eigenvalue weighted by atomic mass is 10.4. The van der Waals surface area contributed by atoms with Crippen LogP contribution in [0, 0.1) is 0 Å². The molecule has 0 spiro atoms. The van der Waals surface area contributed by atoms with Crippen molar-refractivity contribution in [1.82, 2.24) is 0 Å². The van der Waals surface area contributed by atoms with E-state index in [4.69, 9.17) is 13.5 Å². The van der Waals surface area contributed by atoms with Gasteiger partial charge in [0.1, 0.15) is 6.61 Å². The molecule has 0 N–H and O–H groups in total.